The fourth-order valence-electron chi connectivity index (χ4n) is 3.60. The van der Waals surface area contributed by atoms with E-state index < -0.39 is 5.41 Å². The van der Waals surface area contributed by atoms with Gasteiger partial charge in [-0.15, -0.1) is 0 Å². The Bertz CT molecular complexity index is 701. The lowest BCUT2D eigenvalue weighted by Gasteiger charge is -2.36. The molecule has 0 aromatic heterocycles. The third-order valence-electron chi connectivity index (χ3n) is 4.95. The zero-order chi connectivity index (χ0) is 17.5. The first-order valence-electron chi connectivity index (χ1n) is 8.95. The number of amides is 1. The molecular weight excluding hydrogens is 310 g/mol. The van der Waals surface area contributed by atoms with Crippen molar-refractivity contribution < 1.29 is 9.53 Å². The molecule has 0 aliphatic heterocycles. The van der Waals surface area contributed by atoms with Crippen molar-refractivity contribution in [3.63, 3.8) is 0 Å². The van der Waals surface area contributed by atoms with Crippen LogP contribution in [0.25, 0.3) is 0 Å². The Morgan fingerprint density at radius 3 is 2.36 bits per heavy atom. The van der Waals surface area contributed by atoms with Crippen molar-refractivity contribution in [3.05, 3.63) is 72.8 Å². The predicted molar refractivity (Wildman–Crippen MR) is 102 cm³/mol. The Hall–Kier alpha value is -2.55. The minimum atomic E-state index is -0.419. The van der Waals surface area contributed by atoms with Crippen LogP contribution in [-0.2, 0) is 10.2 Å². The fraction of sp³-hybridized carbons (Fsp3) is 0.318. The smallest absolute Gasteiger partial charge is 0.235 e. The SMILES string of the molecule is C=CCOc1ccc(NC(=O)C2(c3ccccc3)CCCCC2)cc1. The summed E-state index contributed by atoms with van der Waals surface area (Å²) in [6, 6.07) is 17.7. The summed E-state index contributed by atoms with van der Waals surface area (Å²) in [5, 5.41) is 3.12. The monoisotopic (exact) mass is 335 g/mol. The number of hydrogen-bond donors (Lipinski definition) is 1. The summed E-state index contributed by atoms with van der Waals surface area (Å²) >= 11 is 0. The fourth-order valence-corrected chi connectivity index (χ4v) is 3.60. The van der Waals surface area contributed by atoms with E-state index in [1.165, 1.54) is 6.42 Å². The quantitative estimate of drug-likeness (QED) is 0.747. The summed E-state index contributed by atoms with van der Waals surface area (Å²) in [6.07, 6.45) is 6.92. The highest BCUT2D eigenvalue weighted by Gasteiger charge is 2.40. The molecule has 2 aromatic rings. The van der Waals surface area contributed by atoms with Crippen molar-refractivity contribution in [2.45, 2.75) is 37.5 Å². The molecule has 0 atom stereocenters. The average molecular weight is 335 g/mol. The van der Waals surface area contributed by atoms with E-state index in [0.717, 1.165) is 42.7 Å². The van der Waals surface area contributed by atoms with Crippen LogP contribution in [0.4, 0.5) is 5.69 Å². The summed E-state index contributed by atoms with van der Waals surface area (Å²) in [7, 11) is 0. The van der Waals surface area contributed by atoms with E-state index in [0.29, 0.717) is 6.61 Å². The molecule has 0 saturated heterocycles. The molecule has 1 N–H and O–H groups in total. The first kappa shape index (κ1) is 17.3. The van der Waals surface area contributed by atoms with Gasteiger partial charge in [-0.25, -0.2) is 0 Å². The largest absolute Gasteiger partial charge is 0.490 e. The van der Waals surface area contributed by atoms with Gasteiger partial charge in [0.05, 0.1) is 5.41 Å². The molecule has 0 bridgehead atoms. The number of ether oxygens (including phenoxy) is 1. The molecule has 0 unspecified atom stereocenters. The van der Waals surface area contributed by atoms with E-state index in [4.69, 9.17) is 4.74 Å². The average Bonchev–Trinajstić information content (AvgIpc) is 2.68. The summed E-state index contributed by atoms with van der Waals surface area (Å²) in [5.41, 5.74) is 1.51. The summed E-state index contributed by atoms with van der Waals surface area (Å²) < 4.78 is 5.49. The van der Waals surface area contributed by atoms with Gasteiger partial charge < -0.3 is 10.1 Å². The maximum absolute atomic E-state index is 13.2. The maximum Gasteiger partial charge on any atom is 0.235 e. The number of benzene rings is 2. The number of hydrogen-bond acceptors (Lipinski definition) is 2. The maximum atomic E-state index is 13.2. The molecule has 130 valence electrons. The van der Waals surface area contributed by atoms with Crippen LogP contribution in [0.5, 0.6) is 5.75 Å². The Morgan fingerprint density at radius 2 is 1.72 bits per heavy atom. The molecule has 25 heavy (non-hydrogen) atoms. The van der Waals surface area contributed by atoms with Crippen molar-refractivity contribution in [1.82, 2.24) is 0 Å². The molecule has 1 aliphatic rings. The van der Waals surface area contributed by atoms with Gasteiger partial charge in [0.1, 0.15) is 12.4 Å². The lowest BCUT2D eigenvalue weighted by Crippen LogP contribution is -2.42. The summed E-state index contributed by atoms with van der Waals surface area (Å²) in [4.78, 5) is 13.2. The number of carbonyl (C=O) groups is 1. The van der Waals surface area contributed by atoms with Gasteiger partial charge in [0, 0.05) is 5.69 Å². The van der Waals surface area contributed by atoms with Crippen LogP contribution in [0.3, 0.4) is 0 Å². The minimum absolute atomic E-state index is 0.0955. The van der Waals surface area contributed by atoms with Gasteiger partial charge in [0.25, 0.3) is 0 Å². The molecule has 0 spiro atoms. The van der Waals surface area contributed by atoms with Gasteiger partial charge in [0.2, 0.25) is 5.91 Å². The molecule has 1 saturated carbocycles. The van der Waals surface area contributed by atoms with Crippen LogP contribution < -0.4 is 10.1 Å². The van der Waals surface area contributed by atoms with Crippen LogP contribution in [0.15, 0.2) is 67.3 Å². The number of nitrogens with one attached hydrogen (secondary N) is 1. The lowest BCUT2D eigenvalue weighted by molar-refractivity contribution is -0.122. The first-order valence-corrected chi connectivity index (χ1v) is 8.95. The molecule has 1 aliphatic carbocycles. The summed E-state index contributed by atoms with van der Waals surface area (Å²) in [6.45, 7) is 4.11. The molecule has 3 nitrogen and oxygen atoms in total. The molecule has 1 amide bonds. The zero-order valence-corrected chi connectivity index (χ0v) is 14.5. The van der Waals surface area contributed by atoms with Gasteiger partial charge in [-0.1, -0.05) is 62.2 Å². The lowest BCUT2D eigenvalue weighted by atomic mass is 9.68. The number of carbonyl (C=O) groups excluding carboxylic acids is 1. The molecule has 0 heterocycles. The Morgan fingerprint density at radius 1 is 1.04 bits per heavy atom. The van der Waals surface area contributed by atoms with E-state index in [2.05, 4.69) is 24.0 Å². The second-order valence-electron chi connectivity index (χ2n) is 6.59. The van der Waals surface area contributed by atoms with Gasteiger partial charge >= 0.3 is 0 Å². The minimum Gasteiger partial charge on any atom is -0.490 e. The third kappa shape index (κ3) is 3.93. The standard InChI is InChI=1S/C22H25NO2/c1-2-17-25-20-13-11-19(12-14-20)23-21(24)22(15-7-4-8-16-22)18-9-5-3-6-10-18/h2-3,5-6,9-14H,1,4,7-8,15-17H2,(H,23,24). The van der Waals surface area contributed by atoms with Crippen molar-refractivity contribution in [1.29, 1.82) is 0 Å². The molecule has 2 aromatic carbocycles. The van der Waals surface area contributed by atoms with E-state index in [1.807, 2.05) is 42.5 Å². The van der Waals surface area contributed by atoms with Crippen LogP contribution in [-0.4, -0.2) is 12.5 Å². The first-order chi connectivity index (χ1) is 12.2. The molecule has 3 rings (SSSR count). The van der Waals surface area contributed by atoms with Gasteiger partial charge in [-0.3, -0.25) is 4.79 Å². The Kier molecular flexibility index (Phi) is 5.54. The van der Waals surface area contributed by atoms with Gasteiger partial charge in [0.15, 0.2) is 0 Å². The van der Waals surface area contributed by atoms with E-state index in [-0.39, 0.29) is 5.91 Å². The summed E-state index contributed by atoms with van der Waals surface area (Å²) in [5.74, 6) is 0.867. The van der Waals surface area contributed by atoms with E-state index in [9.17, 15) is 4.79 Å². The van der Waals surface area contributed by atoms with Crippen molar-refractivity contribution in [2.24, 2.45) is 0 Å². The zero-order valence-electron chi connectivity index (χ0n) is 14.5. The van der Waals surface area contributed by atoms with E-state index in [1.54, 1.807) is 6.08 Å². The van der Waals surface area contributed by atoms with Crippen LogP contribution >= 0.6 is 0 Å². The normalized spacial score (nSPS) is 16.0. The van der Waals surface area contributed by atoms with Gasteiger partial charge in [-0.05, 0) is 42.7 Å². The Balaban J connectivity index is 1.78. The van der Waals surface area contributed by atoms with Crippen LogP contribution in [0, 0.1) is 0 Å². The molecule has 0 radical (unpaired) electrons. The highest BCUT2D eigenvalue weighted by atomic mass is 16.5. The van der Waals surface area contributed by atoms with Crippen molar-refractivity contribution in [2.75, 3.05) is 11.9 Å². The highest BCUT2D eigenvalue weighted by molar-refractivity contribution is 5.99. The topological polar surface area (TPSA) is 38.3 Å². The second kappa shape index (κ2) is 8.02. The van der Waals surface area contributed by atoms with Crippen molar-refractivity contribution >= 4 is 11.6 Å². The van der Waals surface area contributed by atoms with Gasteiger partial charge in [-0.2, -0.15) is 0 Å². The van der Waals surface area contributed by atoms with E-state index >= 15 is 0 Å². The highest BCUT2D eigenvalue weighted by Crippen LogP contribution is 2.40. The number of rotatable bonds is 6. The third-order valence-corrected chi connectivity index (χ3v) is 4.95. The molecule has 3 heteroatoms. The number of anilines is 1. The second-order valence-corrected chi connectivity index (χ2v) is 6.59. The molecule has 1 fully saturated rings. The van der Waals surface area contributed by atoms with Crippen LogP contribution in [0.1, 0.15) is 37.7 Å². The Labute approximate surface area is 149 Å². The van der Waals surface area contributed by atoms with Crippen LogP contribution in [0.2, 0.25) is 0 Å². The molecular formula is C22H25NO2. The predicted octanol–water partition coefficient (Wildman–Crippen LogP) is 5.09. The van der Waals surface area contributed by atoms with Crippen molar-refractivity contribution in [3.8, 4) is 5.75 Å².